The molecular weight excluding hydrogens is 146 g/mol. The molecular formula is C2HN3O5. The molecule has 0 atom stereocenters. The van der Waals surface area contributed by atoms with E-state index in [1.807, 2.05) is 0 Å². The van der Waals surface area contributed by atoms with Crippen molar-refractivity contribution in [1.82, 2.24) is 5.17 Å². The molecule has 0 aliphatic heterocycles. The van der Waals surface area contributed by atoms with Crippen LogP contribution in [0.1, 0.15) is 0 Å². The van der Waals surface area contributed by atoms with Gasteiger partial charge < -0.3 is 5.11 Å². The van der Waals surface area contributed by atoms with Crippen LogP contribution < -0.4 is 0 Å². The van der Waals surface area contributed by atoms with Crippen LogP contribution in [0.15, 0.2) is 0 Å². The number of hydrogen-bond acceptors (Lipinski definition) is 5. The van der Waals surface area contributed by atoms with E-state index < -0.39 is 16.3 Å². The van der Waals surface area contributed by atoms with Crippen LogP contribution in [-0.2, 0) is 4.84 Å². The second-order valence-corrected chi connectivity index (χ2v) is 0.976. The Balaban J connectivity index is 4.15. The summed E-state index contributed by atoms with van der Waals surface area (Å²) in [6, 6.07) is 0. The highest BCUT2D eigenvalue weighted by molar-refractivity contribution is 5.61. The van der Waals surface area contributed by atoms with Gasteiger partial charge in [-0.2, -0.15) is 0 Å². The van der Waals surface area contributed by atoms with Crippen molar-refractivity contribution in [1.29, 1.82) is 5.26 Å². The number of carboxylic acid groups (broad SMARTS) is 1. The Morgan fingerprint density at radius 2 is 2.40 bits per heavy atom. The van der Waals surface area contributed by atoms with Gasteiger partial charge in [0.25, 0.3) is 0 Å². The van der Waals surface area contributed by atoms with Crippen molar-refractivity contribution in [2.75, 3.05) is 0 Å². The van der Waals surface area contributed by atoms with Crippen LogP contribution in [0.4, 0.5) is 4.79 Å². The van der Waals surface area contributed by atoms with Gasteiger partial charge in [-0.25, -0.2) is 19.7 Å². The highest BCUT2D eigenvalue weighted by atomic mass is 16.9. The van der Waals surface area contributed by atoms with Gasteiger partial charge in [0.15, 0.2) is 5.17 Å². The van der Waals surface area contributed by atoms with E-state index in [4.69, 9.17) is 10.4 Å². The second-order valence-electron chi connectivity index (χ2n) is 0.976. The van der Waals surface area contributed by atoms with Gasteiger partial charge in [-0.15, -0.1) is 5.26 Å². The van der Waals surface area contributed by atoms with Gasteiger partial charge in [-0.3, -0.25) is 0 Å². The van der Waals surface area contributed by atoms with E-state index in [2.05, 4.69) is 4.84 Å². The lowest BCUT2D eigenvalue weighted by Crippen LogP contribution is -2.33. The van der Waals surface area contributed by atoms with Crippen molar-refractivity contribution in [3.63, 3.8) is 0 Å². The summed E-state index contributed by atoms with van der Waals surface area (Å²) in [7, 11) is 0. The molecule has 0 aliphatic carbocycles. The Bertz CT molecular complexity index is 180. The van der Waals surface area contributed by atoms with Gasteiger partial charge in [0.05, 0.1) is 0 Å². The molecule has 8 nitrogen and oxygen atoms in total. The zero-order chi connectivity index (χ0) is 8.15. The predicted molar refractivity (Wildman–Crippen MR) is 23.6 cm³/mol. The molecule has 0 rings (SSSR count). The largest absolute Gasteiger partial charge is 0.508 e. The fourth-order valence-electron chi connectivity index (χ4n) is 0.181. The highest BCUT2D eigenvalue weighted by Crippen LogP contribution is 1.88. The first kappa shape index (κ1) is 7.96. The van der Waals surface area contributed by atoms with Crippen molar-refractivity contribution in [2.45, 2.75) is 0 Å². The lowest BCUT2D eigenvalue weighted by molar-refractivity contribution is -0.701. The first-order valence-electron chi connectivity index (χ1n) is 1.83. The Kier molecular flexibility index (Phi) is 2.45. The minimum absolute atomic E-state index is 0.708. The lowest BCUT2D eigenvalue weighted by atomic mass is 11.2. The van der Waals surface area contributed by atoms with Crippen molar-refractivity contribution in [3.05, 3.63) is 10.1 Å². The summed E-state index contributed by atoms with van der Waals surface area (Å²) in [6.07, 6.45) is -1.13. The van der Waals surface area contributed by atoms with Crippen molar-refractivity contribution in [3.8, 4) is 6.26 Å². The second kappa shape index (κ2) is 3.08. The SMILES string of the molecule is N#CON(C(=O)O)[N+](=O)[O-]. The Labute approximate surface area is 53.9 Å². The van der Waals surface area contributed by atoms with Gasteiger partial charge in [0.1, 0.15) is 0 Å². The highest BCUT2D eigenvalue weighted by Gasteiger charge is 2.25. The minimum Gasteiger partial charge on any atom is -0.459 e. The van der Waals surface area contributed by atoms with E-state index in [0.717, 1.165) is 6.26 Å². The summed E-state index contributed by atoms with van der Waals surface area (Å²) in [5.41, 5.74) is 0. The van der Waals surface area contributed by atoms with E-state index in [1.165, 1.54) is 0 Å². The molecule has 0 aromatic rings. The van der Waals surface area contributed by atoms with Crippen LogP contribution in [0.3, 0.4) is 0 Å². The molecule has 0 saturated carbocycles. The van der Waals surface area contributed by atoms with Crippen molar-refractivity contribution in [2.24, 2.45) is 0 Å². The van der Waals surface area contributed by atoms with E-state index in [9.17, 15) is 14.9 Å². The molecule has 1 N–H and O–H groups in total. The lowest BCUT2D eigenvalue weighted by Gasteiger charge is -1.99. The zero-order valence-corrected chi connectivity index (χ0v) is 4.42. The maximum atomic E-state index is 9.74. The molecule has 0 heterocycles. The molecule has 54 valence electrons. The van der Waals surface area contributed by atoms with E-state index in [-0.39, 0.29) is 0 Å². The average Bonchev–Trinajstić information content (AvgIpc) is 1.81. The molecule has 1 amide bonds. The van der Waals surface area contributed by atoms with Gasteiger partial charge in [-0.1, -0.05) is 0 Å². The number of hydrogen-bond donors (Lipinski definition) is 1. The molecule has 0 fully saturated rings. The summed E-state index contributed by atoms with van der Waals surface area (Å²) in [4.78, 5) is 22.7. The third-order valence-electron chi connectivity index (χ3n) is 0.439. The Morgan fingerprint density at radius 1 is 1.90 bits per heavy atom. The summed E-state index contributed by atoms with van der Waals surface area (Å²) < 4.78 is 0. The predicted octanol–water partition coefficient (Wildman–Crippen LogP) is -0.429. The van der Waals surface area contributed by atoms with Crippen LogP contribution in [0.25, 0.3) is 0 Å². The number of nitrogens with zero attached hydrogens (tertiary/aromatic N) is 3. The van der Waals surface area contributed by atoms with Crippen LogP contribution in [0.2, 0.25) is 0 Å². The third-order valence-corrected chi connectivity index (χ3v) is 0.439. The molecule has 0 saturated heterocycles. The molecule has 0 aromatic carbocycles. The molecule has 0 radical (unpaired) electrons. The molecule has 10 heavy (non-hydrogen) atoms. The number of hydroxylamine groups is 1. The van der Waals surface area contributed by atoms with Gasteiger partial charge in [-0.05, 0) is 0 Å². The zero-order valence-electron chi connectivity index (χ0n) is 4.42. The van der Waals surface area contributed by atoms with E-state index >= 15 is 0 Å². The number of carbonyl (C=O) groups is 1. The van der Waals surface area contributed by atoms with Gasteiger partial charge in [0.2, 0.25) is 5.03 Å². The summed E-state index contributed by atoms with van der Waals surface area (Å²) in [6.45, 7) is 0. The monoisotopic (exact) mass is 147 g/mol. The fraction of sp³-hybridized carbons (Fsp3) is 0. The Morgan fingerprint density at radius 3 is 2.50 bits per heavy atom. The summed E-state index contributed by atoms with van der Waals surface area (Å²) in [5, 5.41) is 23.0. The van der Waals surface area contributed by atoms with E-state index in [1.54, 1.807) is 0 Å². The smallest absolute Gasteiger partial charge is 0.459 e. The number of hydrazine groups is 1. The number of nitro groups is 1. The van der Waals surface area contributed by atoms with Crippen LogP contribution in [0.5, 0.6) is 0 Å². The summed E-state index contributed by atoms with van der Waals surface area (Å²) >= 11 is 0. The first-order valence-corrected chi connectivity index (χ1v) is 1.83. The topological polar surface area (TPSA) is 117 Å². The minimum atomic E-state index is -1.97. The van der Waals surface area contributed by atoms with Crippen LogP contribution >= 0.6 is 0 Å². The Hall–Kier alpha value is -2.04. The number of nitriles is 1. The van der Waals surface area contributed by atoms with Crippen molar-refractivity contribution < 1.29 is 19.8 Å². The maximum Gasteiger partial charge on any atom is 0.508 e. The maximum absolute atomic E-state index is 9.74. The number of rotatable bonds is 2. The average molecular weight is 147 g/mol. The molecule has 0 bridgehead atoms. The fourth-order valence-corrected chi connectivity index (χ4v) is 0.181. The molecule has 0 aliphatic rings. The third kappa shape index (κ3) is 1.83. The summed E-state index contributed by atoms with van der Waals surface area (Å²) in [5.74, 6) is 0. The molecule has 0 spiro atoms. The normalized spacial score (nSPS) is 7.50. The van der Waals surface area contributed by atoms with Crippen molar-refractivity contribution >= 4 is 6.09 Å². The van der Waals surface area contributed by atoms with E-state index in [0.29, 0.717) is 0 Å². The standard InChI is InChI=1S/C2HN3O5/c3-1-10-4(2(6)7)5(8)9/h(H,6,7). The molecule has 0 unspecified atom stereocenters. The van der Waals surface area contributed by atoms with Gasteiger partial charge in [0, 0.05) is 0 Å². The van der Waals surface area contributed by atoms with Gasteiger partial charge >= 0.3 is 12.3 Å². The quantitative estimate of drug-likeness (QED) is 0.321. The van der Waals surface area contributed by atoms with Crippen LogP contribution in [0, 0.1) is 21.6 Å². The number of amides is 1. The molecule has 0 aromatic heterocycles. The first-order chi connectivity index (χ1) is 4.59. The molecule has 8 heteroatoms. The van der Waals surface area contributed by atoms with Crippen LogP contribution in [-0.4, -0.2) is 21.4 Å².